The van der Waals surface area contributed by atoms with Gasteiger partial charge in [0.1, 0.15) is 11.5 Å². The Morgan fingerprint density at radius 2 is 0.855 bits per heavy atom. The molecule has 0 aliphatic heterocycles. The Labute approximate surface area is 315 Å². The highest BCUT2D eigenvalue weighted by Gasteiger charge is 2.31. The molecule has 0 saturated carbocycles. The second-order valence-electron chi connectivity index (χ2n) is 13.2. The van der Waals surface area contributed by atoms with Crippen molar-refractivity contribution in [2.24, 2.45) is 0 Å². The van der Waals surface area contributed by atoms with E-state index in [-0.39, 0.29) is 17.1 Å². The minimum absolute atomic E-state index is 0.0686. The summed E-state index contributed by atoms with van der Waals surface area (Å²) < 4.78 is 53.3. The molecule has 7 heteroatoms. The van der Waals surface area contributed by atoms with Crippen molar-refractivity contribution >= 4 is 33.5 Å². The number of halogens is 3. The van der Waals surface area contributed by atoms with Gasteiger partial charge in [0.15, 0.2) is 0 Å². The van der Waals surface area contributed by atoms with E-state index in [1.807, 2.05) is 140 Å². The van der Waals surface area contributed by atoms with E-state index in [0.717, 1.165) is 51.7 Å². The van der Waals surface area contributed by atoms with Crippen LogP contribution in [0.3, 0.4) is 0 Å². The molecule has 0 aliphatic rings. The molecule has 0 aliphatic carbocycles. The van der Waals surface area contributed by atoms with E-state index in [4.69, 9.17) is 9.47 Å². The summed E-state index contributed by atoms with van der Waals surface area (Å²) in [6.45, 7) is 1.93. The normalized spacial score (nSPS) is 11.4. The summed E-state index contributed by atoms with van der Waals surface area (Å²) >= 11 is 0. The monoisotopic (exact) mass is 728 g/mol. The second-order valence-corrected chi connectivity index (χ2v) is 13.2. The number of alkyl halides is 3. The van der Waals surface area contributed by atoms with Crippen molar-refractivity contribution in [1.82, 2.24) is 0 Å². The maximum absolute atomic E-state index is 14.1. The molecule has 0 saturated heterocycles. The minimum atomic E-state index is -4.58. The Balaban J connectivity index is 1.47. The van der Waals surface area contributed by atoms with Crippen molar-refractivity contribution in [1.29, 1.82) is 0 Å². The van der Waals surface area contributed by atoms with Crippen LogP contribution in [0.1, 0.15) is 31.8 Å². The fourth-order valence-electron chi connectivity index (χ4n) is 6.82. The zero-order valence-electron chi connectivity index (χ0n) is 29.4. The van der Waals surface area contributed by atoms with Crippen molar-refractivity contribution < 1.29 is 32.2 Å². The fraction of sp³-hybridized carbons (Fsp3) is 0.0417. The molecular formula is C48H31F3O4. The van der Waals surface area contributed by atoms with Crippen molar-refractivity contribution in [2.45, 2.75) is 13.1 Å². The van der Waals surface area contributed by atoms with Gasteiger partial charge < -0.3 is 9.47 Å². The number of fused-ring (bicyclic) bond motifs is 2. The van der Waals surface area contributed by atoms with Gasteiger partial charge in [-0.05, 0) is 88.5 Å². The quantitative estimate of drug-likeness (QED) is 0.121. The van der Waals surface area contributed by atoms with Crippen molar-refractivity contribution in [3.63, 3.8) is 0 Å². The third-order valence-corrected chi connectivity index (χ3v) is 9.55. The molecule has 0 N–H and O–H groups in total. The number of benzene rings is 8. The topological polar surface area (TPSA) is 52.6 Å². The lowest BCUT2D eigenvalue weighted by Gasteiger charge is -2.24. The summed E-state index contributed by atoms with van der Waals surface area (Å²) in [4.78, 5) is 28.2. The summed E-state index contributed by atoms with van der Waals surface area (Å²) in [5.41, 5.74) is 4.30. The van der Waals surface area contributed by atoms with Crippen LogP contribution in [0.5, 0.6) is 11.5 Å². The molecule has 0 amide bonds. The molecule has 55 heavy (non-hydrogen) atoms. The number of carbonyl (C=O) groups is 2. The number of aryl methyl sites for hydroxylation is 1. The number of carbonyl (C=O) groups excluding carboxylic acids is 2. The number of hydrogen-bond acceptors (Lipinski definition) is 4. The van der Waals surface area contributed by atoms with E-state index in [1.54, 1.807) is 12.1 Å². The lowest BCUT2D eigenvalue weighted by atomic mass is 9.84. The van der Waals surface area contributed by atoms with Gasteiger partial charge in [0.05, 0.1) is 16.7 Å². The lowest BCUT2D eigenvalue weighted by molar-refractivity contribution is -0.137. The van der Waals surface area contributed by atoms with E-state index < -0.39 is 23.7 Å². The molecule has 8 aromatic rings. The average Bonchev–Trinajstić information content (AvgIpc) is 3.21. The van der Waals surface area contributed by atoms with Crippen LogP contribution in [0.4, 0.5) is 13.2 Å². The van der Waals surface area contributed by atoms with Gasteiger partial charge >= 0.3 is 18.1 Å². The summed E-state index contributed by atoms with van der Waals surface area (Å²) in [5.74, 6) is -1.03. The molecule has 0 heterocycles. The molecular weight excluding hydrogens is 698 g/mol. The molecule has 4 nitrogen and oxygen atoms in total. The number of esters is 2. The number of rotatable bonds is 7. The van der Waals surface area contributed by atoms with E-state index in [9.17, 15) is 22.8 Å². The first kappa shape index (κ1) is 35.1. The number of ether oxygens (including phenoxy) is 2. The van der Waals surface area contributed by atoms with Crippen molar-refractivity contribution in [3.05, 3.63) is 192 Å². The molecule has 0 radical (unpaired) electrons. The SMILES string of the molecule is Cc1ccc(C(=O)Oc2c(-c3c(-c4ccccc4)cc4ccccc4c3OC(=O)c3ccc(C(F)(F)F)cc3)c(-c3ccccc3)cc3ccccc23)cc1. The molecule has 268 valence electrons. The first-order valence-corrected chi connectivity index (χ1v) is 17.6. The minimum Gasteiger partial charge on any atom is -0.422 e. The average molecular weight is 729 g/mol. The van der Waals surface area contributed by atoms with Crippen LogP contribution in [0.2, 0.25) is 0 Å². The number of hydrogen-bond donors (Lipinski definition) is 0. The smallest absolute Gasteiger partial charge is 0.416 e. The van der Waals surface area contributed by atoms with Gasteiger partial charge in [-0.2, -0.15) is 13.2 Å². The lowest BCUT2D eigenvalue weighted by Crippen LogP contribution is -2.13. The van der Waals surface area contributed by atoms with Crippen LogP contribution in [0, 0.1) is 6.92 Å². The van der Waals surface area contributed by atoms with E-state index in [0.29, 0.717) is 38.6 Å². The van der Waals surface area contributed by atoms with Crippen LogP contribution in [-0.4, -0.2) is 11.9 Å². The van der Waals surface area contributed by atoms with Gasteiger partial charge in [-0.15, -0.1) is 0 Å². The summed E-state index contributed by atoms with van der Waals surface area (Å²) in [5, 5.41) is 2.77. The van der Waals surface area contributed by atoms with E-state index >= 15 is 0 Å². The zero-order chi connectivity index (χ0) is 38.1. The first-order valence-electron chi connectivity index (χ1n) is 17.6. The zero-order valence-corrected chi connectivity index (χ0v) is 29.4. The summed E-state index contributed by atoms with van der Waals surface area (Å²) in [6.07, 6.45) is -4.58. The summed E-state index contributed by atoms with van der Waals surface area (Å²) in [7, 11) is 0. The molecule has 0 bridgehead atoms. The molecule has 0 spiro atoms. The van der Waals surface area contributed by atoms with Crippen LogP contribution >= 0.6 is 0 Å². The van der Waals surface area contributed by atoms with Gasteiger partial charge in [-0.1, -0.05) is 127 Å². The molecule has 8 rings (SSSR count). The molecule has 0 aromatic heterocycles. The standard InChI is InChI=1S/C48H31F3O4/c1-30-20-22-33(23-21-30)46(52)54-44-38-18-10-8-16-35(38)28-40(31-12-4-2-5-13-31)42(44)43-41(32-14-6-3-7-15-32)29-36-17-9-11-19-39(36)45(43)55-47(53)34-24-26-37(27-25-34)48(49,50)51/h2-29H,1H3. The largest absolute Gasteiger partial charge is 0.422 e. The third kappa shape index (κ3) is 6.96. The van der Waals surface area contributed by atoms with Crippen LogP contribution < -0.4 is 9.47 Å². The fourth-order valence-corrected chi connectivity index (χ4v) is 6.82. The Bertz CT molecular complexity index is 2700. The van der Waals surface area contributed by atoms with Crippen LogP contribution in [0.15, 0.2) is 170 Å². The highest BCUT2D eigenvalue weighted by molar-refractivity contribution is 6.13. The van der Waals surface area contributed by atoms with Crippen molar-refractivity contribution in [3.8, 4) is 44.9 Å². The molecule has 0 fully saturated rings. The predicted molar refractivity (Wildman–Crippen MR) is 210 cm³/mol. The Morgan fingerprint density at radius 3 is 1.27 bits per heavy atom. The molecule has 0 unspecified atom stereocenters. The van der Waals surface area contributed by atoms with Crippen molar-refractivity contribution in [2.75, 3.05) is 0 Å². The second kappa shape index (κ2) is 14.4. The van der Waals surface area contributed by atoms with Gasteiger partial charge in [0.2, 0.25) is 0 Å². The Morgan fingerprint density at radius 1 is 0.473 bits per heavy atom. The highest BCUT2D eigenvalue weighted by atomic mass is 19.4. The van der Waals surface area contributed by atoms with Gasteiger partial charge in [0, 0.05) is 21.9 Å². The van der Waals surface area contributed by atoms with Gasteiger partial charge in [-0.25, -0.2) is 9.59 Å². The van der Waals surface area contributed by atoms with Gasteiger partial charge in [-0.3, -0.25) is 0 Å². The highest BCUT2D eigenvalue weighted by Crippen LogP contribution is 2.53. The molecule has 8 aromatic carbocycles. The third-order valence-electron chi connectivity index (χ3n) is 9.55. The van der Waals surface area contributed by atoms with Gasteiger partial charge in [0.25, 0.3) is 0 Å². The maximum Gasteiger partial charge on any atom is 0.416 e. The Kier molecular flexibility index (Phi) is 9.21. The van der Waals surface area contributed by atoms with E-state index in [1.165, 1.54) is 0 Å². The predicted octanol–water partition coefficient (Wildman–Crippen LogP) is 12.8. The maximum atomic E-state index is 14.1. The van der Waals surface area contributed by atoms with E-state index in [2.05, 4.69) is 0 Å². The first-order chi connectivity index (χ1) is 26.7. The summed E-state index contributed by atoms with van der Waals surface area (Å²) in [6, 6.07) is 49.3. The molecule has 0 atom stereocenters. The van der Waals surface area contributed by atoms with Crippen LogP contribution in [0.25, 0.3) is 54.9 Å². The van der Waals surface area contributed by atoms with Crippen LogP contribution in [-0.2, 0) is 6.18 Å². The Hall–Kier alpha value is -6.99.